The number of aryl methyl sites for hydroxylation is 1. The van der Waals surface area contributed by atoms with E-state index >= 15 is 0 Å². The highest BCUT2D eigenvalue weighted by molar-refractivity contribution is 7.93. The van der Waals surface area contributed by atoms with Crippen molar-refractivity contribution in [2.45, 2.75) is 16.7 Å². The summed E-state index contributed by atoms with van der Waals surface area (Å²) in [4.78, 5) is 7.45. The number of hydrogen-bond donors (Lipinski definition) is 2. The lowest BCUT2D eigenvalue weighted by molar-refractivity contribution is 0.599. The van der Waals surface area contributed by atoms with Crippen LogP contribution in [-0.2, 0) is 20.0 Å². The van der Waals surface area contributed by atoms with Gasteiger partial charge in [0.1, 0.15) is 4.90 Å². The van der Waals surface area contributed by atoms with Crippen molar-refractivity contribution in [3.63, 3.8) is 0 Å². The molecule has 0 spiro atoms. The van der Waals surface area contributed by atoms with E-state index in [0.717, 1.165) is 6.07 Å². The number of benzene rings is 2. The van der Waals surface area contributed by atoms with Gasteiger partial charge in [0.25, 0.3) is 20.0 Å². The number of rotatable bonds is 6. The van der Waals surface area contributed by atoms with Crippen LogP contribution in [0.15, 0.2) is 58.5 Å². The van der Waals surface area contributed by atoms with Gasteiger partial charge < -0.3 is 0 Å². The molecule has 0 aliphatic carbocycles. The van der Waals surface area contributed by atoms with E-state index in [1.807, 2.05) is 0 Å². The Labute approximate surface area is 188 Å². The minimum atomic E-state index is -4.10. The van der Waals surface area contributed by atoms with Crippen LogP contribution >= 0.6 is 34.8 Å². The molecule has 0 bridgehead atoms. The lowest BCUT2D eigenvalue weighted by atomic mass is 10.3. The first kappa shape index (κ1) is 22.6. The summed E-state index contributed by atoms with van der Waals surface area (Å²) in [6, 6.07) is 8.99. The molecule has 0 saturated heterocycles. The molecule has 8 nitrogen and oxygen atoms in total. The van der Waals surface area contributed by atoms with Gasteiger partial charge in [0.05, 0.1) is 20.0 Å². The molecule has 3 rings (SSSR count). The molecule has 1 heterocycles. The first-order valence-electron chi connectivity index (χ1n) is 8.08. The summed E-state index contributed by atoms with van der Waals surface area (Å²) in [5, 5.41) is 0.0195. The third-order valence-electron chi connectivity index (χ3n) is 3.70. The maximum absolute atomic E-state index is 12.6. The fourth-order valence-corrected chi connectivity index (χ4v) is 5.31. The number of sulfonamides is 2. The monoisotopic (exact) mass is 506 g/mol. The summed E-state index contributed by atoms with van der Waals surface area (Å²) >= 11 is 17.7. The van der Waals surface area contributed by atoms with Gasteiger partial charge in [0.2, 0.25) is 5.95 Å². The third kappa shape index (κ3) is 5.13. The molecule has 2 N–H and O–H groups in total. The fourth-order valence-electron chi connectivity index (χ4n) is 2.30. The van der Waals surface area contributed by atoms with E-state index in [-0.39, 0.29) is 36.5 Å². The van der Waals surface area contributed by atoms with Crippen LogP contribution in [0.1, 0.15) is 5.69 Å². The molecule has 0 aliphatic rings. The molecule has 13 heteroatoms. The second-order valence-electron chi connectivity index (χ2n) is 5.95. The smallest absolute Gasteiger partial charge is 0.264 e. The summed E-state index contributed by atoms with van der Waals surface area (Å²) in [7, 11) is -8.06. The second kappa shape index (κ2) is 8.56. The standard InChI is InChI=1S/C17H13Cl3N4O4S2/c1-10-6-7-21-17(22-10)24-29(25,26)12-4-2-11(3-5-12)23-30(27,28)16-9-14(19)13(18)8-15(16)20/h2-9,23H,1H3,(H,21,22,24). The Kier molecular flexibility index (Phi) is 6.44. The predicted molar refractivity (Wildman–Crippen MR) is 116 cm³/mol. The van der Waals surface area contributed by atoms with Gasteiger partial charge in [-0.15, -0.1) is 0 Å². The van der Waals surface area contributed by atoms with Crippen molar-refractivity contribution in [1.29, 1.82) is 0 Å². The predicted octanol–water partition coefficient (Wildman–Crippen LogP) is 4.35. The van der Waals surface area contributed by atoms with Crippen LogP contribution in [0, 0.1) is 6.92 Å². The van der Waals surface area contributed by atoms with Crippen molar-refractivity contribution in [1.82, 2.24) is 9.97 Å². The number of halogens is 3. The van der Waals surface area contributed by atoms with Crippen molar-refractivity contribution in [2.24, 2.45) is 0 Å². The highest BCUT2D eigenvalue weighted by Gasteiger charge is 2.21. The number of nitrogens with zero attached hydrogens (tertiary/aromatic N) is 2. The van der Waals surface area contributed by atoms with Crippen LogP contribution in [0.25, 0.3) is 0 Å². The minimum Gasteiger partial charge on any atom is -0.280 e. The van der Waals surface area contributed by atoms with Gasteiger partial charge in [-0.25, -0.2) is 31.5 Å². The molecule has 3 aromatic rings. The lowest BCUT2D eigenvalue weighted by Gasteiger charge is -2.11. The minimum absolute atomic E-state index is 0.0207. The molecule has 0 saturated carbocycles. The van der Waals surface area contributed by atoms with Gasteiger partial charge in [-0.05, 0) is 49.4 Å². The Bertz CT molecular complexity index is 1320. The van der Waals surface area contributed by atoms with Crippen LogP contribution in [0.4, 0.5) is 11.6 Å². The van der Waals surface area contributed by atoms with Crippen LogP contribution in [0.2, 0.25) is 15.1 Å². The maximum atomic E-state index is 12.6. The average molecular weight is 508 g/mol. The van der Waals surface area contributed by atoms with Crippen molar-refractivity contribution in [3.8, 4) is 0 Å². The van der Waals surface area contributed by atoms with Gasteiger partial charge in [-0.3, -0.25) is 4.72 Å². The first-order chi connectivity index (χ1) is 14.0. The summed E-state index contributed by atoms with van der Waals surface area (Å²) in [6.07, 6.45) is 1.42. The zero-order valence-corrected chi connectivity index (χ0v) is 19.0. The summed E-state index contributed by atoms with van der Waals surface area (Å²) in [5.41, 5.74) is 0.705. The normalized spacial score (nSPS) is 11.9. The maximum Gasteiger partial charge on any atom is 0.264 e. The molecule has 0 atom stereocenters. The molecule has 2 aromatic carbocycles. The topological polar surface area (TPSA) is 118 Å². The van der Waals surface area contributed by atoms with E-state index in [1.165, 1.54) is 36.5 Å². The molecule has 1 aromatic heterocycles. The van der Waals surface area contributed by atoms with Gasteiger partial charge in [0, 0.05) is 17.6 Å². The lowest BCUT2D eigenvalue weighted by Crippen LogP contribution is -2.16. The Morgan fingerprint density at radius 1 is 0.800 bits per heavy atom. The van der Waals surface area contributed by atoms with Crippen LogP contribution in [0.3, 0.4) is 0 Å². The van der Waals surface area contributed by atoms with E-state index in [1.54, 1.807) is 13.0 Å². The van der Waals surface area contributed by atoms with Crippen molar-refractivity contribution >= 4 is 66.5 Å². The van der Waals surface area contributed by atoms with E-state index < -0.39 is 20.0 Å². The van der Waals surface area contributed by atoms with Crippen LogP contribution < -0.4 is 9.44 Å². The van der Waals surface area contributed by atoms with E-state index in [4.69, 9.17) is 34.8 Å². The average Bonchev–Trinajstić information content (AvgIpc) is 2.64. The molecule has 0 aliphatic heterocycles. The zero-order chi connectivity index (χ0) is 22.1. The Morgan fingerprint density at radius 3 is 2.07 bits per heavy atom. The fraction of sp³-hybridized carbons (Fsp3) is 0.0588. The molecular formula is C17H13Cl3N4O4S2. The number of aromatic nitrogens is 2. The summed E-state index contributed by atoms with van der Waals surface area (Å²) < 4.78 is 54.7. The molecule has 30 heavy (non-hydrogen) atoms. The Balaban J connectivity index is 1.83. The van der Waals surface area contributed by atoms with Gasteiger partial charge in [-0.2, -0.15) is 0 Å². The SMILES string of the molecule is Cc1ccnc(NS(=O)(=O)c2ccc(NS(=O)(=O)c3cc(Cl)c(Cl)cc3Cl)cc2)n1. The molecule has 0 unspecified atom stereocenters. The van der Waals surface area contributed by atoms with Crippen molar-refractivity contribution < 1.29 is 16.8 Å². The van der Waals surface area contributed by atoms with Gasteiger partial charge >= 0.3 is 0 Å². The number of anilines is 2. The molecule has 0 fully saturated rings. The Hall–Kier alpha value is -2.11. The van der Waals surface area contributed by atoms with E-state index in [9.17, 15) is 16.8 Å². The van der Waals surface area contributed by atoms with Gasteiger partial charge in [0.15, 0.2) is 0 Å². The first-order valence-corrected chi connectivity index (χ1v) is 12.2. The number of hydrogen-bond acceptors (Lipinski definition) is 6. The second-order valence-corrected chi connectivity index (χ2v) is 10.5. The van der Waals surface area contributed by atoms with E-state index in [2.05, 4.69) is 19.4 Å². The largest absolute Gasteiger partial charge is 0.280 e. The Morgan fingerprint density at radius 2 is 1.43 bits per heavy atom. The van der Waals surface area contributed by atoms with Crippen LogP contribution in [0.5, 0.6) is 0 Å². The summed E-state index contributed by atoms with van der Waals surface area (Å²) in [5.74, 6) is -0.0750. The molecule has 0 amide bonds. The van der Waals surface area contributed by atoms with Crippen molar-refractivity contribution in [2.75, 3.05) is 9.44 Å². The summed E-state index contributed by atoms with van der Waals surface area (Å²) in [6.45, 7) is 1.69. The third-order valence-corrected chi connectivity index (χ3v) is 7.61. The highest BCUT2D eigenvalue weighted by atomic mass is 35.5. The zero-order valence-electron chi connectivity index (χ0n) is 15.1. The molecule has 0 radical (unpaired) electrons. The molecular weight excluding hydrogens is 495 g/mol. The number of nitrogens with one attached hydrogen (secondary N) is 2. The van der Waals surface area contributed by atoms with E-state index in [0.29, 0.717) is 5.69 Å². The van der Waals surface area contributed by atoms with Crippen molar-refractivity contribution in [3.05, 3.63) is 69.4 Å². The quantitative estimate of drug-likeness (QED) is 0.479. The highest BCUT2D eigenvalue weighted by Crippen LogP contribution is 2.32. The van der Waals surface area contributed by atoms with Crippen LogP contribution in [-0.4, -0.2) is 26.8 Å². The van der Waals surface area contributed by atoms with Gasteiger partial charge in [-0.1, -0.05) is 34.8 Å². The molecule has 158 valence electrons.